The first-order chi connectivity index (χ1) is 9.67. The molecule has 0 aliphatic heterocycles. The van der Waals surface area contributed by atoms with Gasteiger partial charge in [0.25, 0.3) is 5.91 Å². The second-order valence-corrected chi connectivity index (χ2v) is 5.80. The van der Waals surface area contributed by atoms with Gasteiger partial charge in [0, 0.05) is 0 Å². The molecular weight excluding hydrogens is 320 g/mol. The molecule has 0 aliphatic rings. The van der Waals surface area contributed by atoms with Gasteiger partial charge in [-0.2, -0.15) is 5.26 Å². The fourth-order valence-electron chi connectivity index (χ4n) is 1.37. The number of fused-ring (bicyclic) bond motifs is 1. The average molecular weight is 323 g/mol. The van der Waals surface area contributed by atoms with E-state index >= 15 is 0 Å². The number of amides is 1. The van der Waals surface area contributed by atoms with Gasteiger partial charge in [-0.05, 0) is 0 Å². The van der Waals surface area contributed by atoms with E-state index in [-0.39, 0.29) is 16.1 Å². The molecule has 0 bridgehead atoms. The van der Waals surface area contributed by atoms with E-state index in [2.05, 4.69) is 25.3 Å². The van der Waals surface area contributed by atoms with Crippen LogP contribution in [0.5, 0.6) is 0 Å². The van der Waals surface area contributed by atoms with Crippen molar-refractivity contribution in [3.63, 3.8) is 0 Å². The molecule has 3 aromatic heterocycles. The number of carbonyl (C=O) groups excluding carboxylic acids is 1. The molecule has 10 heteroatoms. The lowest BCUT2D eigenvalue weighted by molar-refractivity contribution is 0.103. The highest BCUT2D eigenvalue weighted by Crippen LogP contribution is 2.28. The molecule has 0 aromatic carbocycles. The molecule has 3 aromatic rings. The quantitative estimate of drug-likeness (QED) is 0.726. The van der Waals surface area contributed by atoms with Gasteiger partial charge in [0.15, 0.2) is 15.3 Å². The Morgan fingerprint density at radius 1 is 1.35 bits per heavy atom. The van der Waals surface area contributed by atoms with Crippen LogP contribution in [0.1, 0.15) is 14.7 Å². The lowest BCUT2D eigenvalue weighted by atomic mass is 10.5. The van der Waals surface area contributed by atoms with Crippen molar-refractivity contribution < 1.29 is 4.79 Å². The summed E-state index contributed by atoms with van der Waals surface area (Å²) >= 11 is 8.08. The van der Waals surface area contributed by atoms with E-state index < -0.39 is 0 Å². The predicted octanol–water partition coefficient (Wildman–Crippen LogP) is 2.32. The van der Waals surface area contributed by atoms with E-state index in [0.29, 0.717) is 20.4 Å². The molecule has 0 unspecified atom stereocenters. The molecule has 0 saturated heterocycles. The number of halogens is 1. The molecule has 0 atom stereocenters. The highest BCUT2D eigenvalue weighted by molar-refractivity contribution is 7.22. The number of nitriles is 1. The molecule has 1 N–H and O–H groups in total. The van der Waals surface area contributed by atoms with Crippen LogP contribution in [0.15, 0.2) is 12.5 Å². The maximum absolute atomic E-state index is 12.0. The van der Waals surface area contributed by atoms with Crippen LogP contribution >= 0.6 is 34.3 Å². The van der Waals surface area contributed by atoms with Gasteiger partial charge in [0.05, 0.1) is 6.20 Å². The fourth-order valence-corrected chi connectivity index (χ4v) is 3.01. The Balaban J connectivity index is 1.87. The van der Waals surface area contributed by atoms with Gasteiger partial charge in [0.2, 0.25) is 0 Å². The summed E-state index contributed by atoms with van der Waals surface area (Å²) in [6.07, 6.45) is 2.68. The number of carbonyl (C=O) groups is 1. The second kappa shape index (κ2) is 5.09. The number of aromatic nitrogens is 4. The highest BCUT2D eigenvalue weighted by Gasteiger charge is 2.14. The van der Waals surface area contributed by atoms with Crippen molar-refractivity contribution in [1.82, 2.24) is 19.9 Å². The molecule has 0 radical (unpaired) electrons. The smallest absolute Gasteiger partial charge is 0.269 e. The standard InChI is InChI=1S/C10H3ClN6OS2/c11-7-6-9(15-3-14-7)20-10(16-6)17-8(18)4-2-13-5(1-12)19-4/h2-3H,(H,16,17,18). The van der Waals surface area contributed by atoms with Gasteiger partial charge in [-0.15, -0.1) is 0 Å². The molecule has 0 spiro atoms. The minimum Gasteiger partial charge on any atom is -0.297 e. The van der Waals surface area contributed by atoms with Gasteiger partial charge in [-0.25, -0.2) is 19.9 Å². The van der Waals surface area contributed by atoms with Gasteiger partial charge >= 0.3 is 0 Å². The van der Waals surface area contributed by atoms with Crippen LogP contribution in [0.4, 0.5) is 5.13 Å². The van der Waals surface area contributed by atoms with Crippen LogP contribution in [0.25, 0.3) is 10.3 Å². The van der Waals surface area contributed by atoms with E-state index in [1.54, 1.807) is 0 Å². The average Bonchev–Trinajstić information content (AvgIpc) is 3.05. The number of thiazole rings is 2. The zero-order chi connectivity index (χ0) is 14.1. The van der Waals surface area contributed by atoms with E-state index in [9.17, 15) is 4.79 Å². The molecule has 98 valence electrons. The lowest BCUT2D eigenvalue weighted by Crippen LogP contribution is -2.09. The first-order valence-electron chi connectivity index (χ1n) is 5.11. The van der Waals surface area contributed by atoms with Crippen LogP contribution in [-0.4, -0.2) is 25.8 Å². The summed E-state index contributed by atoms with van der Waals surface area (Å²) in [4.78, 5) is 28.6. The van der Waals surface area contributed by atoms with Gasteiger partial charge in [-0.1, -0.05) is 34.3 Å². The Bertz CT molecular complexity index is 851. The molecule has 0 aliphatic carbocycles. The van der Waals surface area contributed by atoms with Crippen LogP contribution in [0, 0.1) is 11.3 Å². The van der Waals surface area contributed by atoms with E-state index in [1.165, 1.54) is 23.9 Å². The van der Waals surface area contributed by atoms with Crippen molar-refractivity contribution in [2.24, 2.45) is 0 Å². The predicted molar refractivity (Wildman–Crippen MR) is 75.0 cm³/mol. The maximum atomic E-state index is 12.0. The van der Waals surface area contributed by atoms with E-state index in [4.69, 9.17) is 16.9 Å². The number of nitrogens with one attached hydrogen (secondary N) is 1. The number of anilines is 1. The largest absolute Gasteiger partial charge is 0.297 e. The molecular formula is C10H3ClN6OS2. The summed E-state index contributed by atoms with van der Waals surface area (Å²) in [6.45, 7) is 0. The van der Waals surface area contributed by atoms with Crippen molar-refractivity contribution in [3.8, 4) is 6.07 Å². The minimum atomic E-state index is -0.382. The summed E-state index contributed by atoms with van der Waals surface area (Å²) in [5.41, 5.74) is 0.441. The minimum absolute atomic E-state index is 0.230. The van der Waals surface area contributed by atoms with Crippen LogP contribution < -0.4 is 5.32 Å². The van der Waals surface area contributed by atoms with Crippen molar-refractivity contribution in [2.75, 3.05) is 5.32 Å². The molecule has 3 heterocycles. The third kappa shape index (κ3) is 2.32. The zero-order valence-electron chi connectivity index (χ0n) is 9.49. The molecule has 3 rings (SSSR count). The van der Waals surface area contributed by atoms with Crippen molar-refractivity contribution >= 4 is 55.7 Å². The molecule has 0 fully saturated rings. The molecule has 7 nitrogen and oxygen atoms in total. The summed E-state index contributed by atoms with van der Waals surface area (Å²) in [6, 6.07) is 1.87. The first kappa shape index (κ1) is 12.9. The van der Waals surface area contributed by atoms with Crippen molar-refractivity contribution in [3.05, 3.63) is 27.6 Å². The summed E-state index contributed by atoms with van der Waals surface area (Å²) < 4.78 is 0. The molecule has 1 amide bonds. The first-order valence-corrected chi connectivity index (χ1v) is 7.13. The topological polar surface area (TPSA) is 104 Å². The summed E-state index contributed by atoms with van der Waals surface area (Å²) in [7, 11) is 0. The summed E-state index contributed by atoms with van der Waals surface area (Å²) in [5.74, 6) is -0.382. The third-order valence-corrected chi connectivity index (χ3v) is 4.25. The Labute approximate surface area is 124 Å². The number of rotatable bonds is 2. The third-order valence-electron chi connectivity index (χ3n) is 2.20. The van der Waals surface area contributed by atoms with Gasteiger partial charge in [0.1, 0.15) is 27.6 Å². The van der Waals surface area contributed by atoms with E-state index in [0.717, 1.165) is 11.3 Å². The fraction of sp³-hybridized carbons (Fsp3) is 0. The Kier molecular flexibility index (Phi) is 3.27. The number of nitrogens with zero attached hydrogens (tertiary/aromatic N) is 5. The Morgan fingerprint density at radius 3 is 2.90 bits per heavy atom. The van der Waals surface area contributed by atoms with Gasteiger partial charge < -0.3 is 0 Å². The second-order valence-electron chi connectivity index (χ2n) is 3.43. The van der Waals surface area contributed by atoms with Crippen molar-refractivity contribution in [1.29, 1.82) is 5.26 Å². The number of hydrogen-bond acceptors (Lipinski definition) is 8. The van der Waals surface area contributed by atoms with Crippen LogP contribution in [-0.2, 0) is 0 Å². The van der Waals surface area contributed by atoms with Gasteiger partial charge in [-0.3, -0.25) is 10.1 Å². The normalized spacial score (nSPS) is 10.4. The Morgan fingerprint density at radius 2 is 2.20 bits per heavy atom. The highest BCUT2D eigenvalue weighted by atomic mass is 35.5. The van der Waals surface area contributed by atoms with Crippen LogP contribution in [0.2, 0.25) is 5.15 Å². The number of hydrogen-bond donors (Lipinski definition) is 1. The Hall–Kier alpha value is -2.15. The zero-order valence-corrected chi connectivity index (χ0v) is 11.9. The molecule has 20 heavy (non-hydrogen) atoms. The van der Waals surface area contributed by atoms with E-state index in [1.807, 2.05) is 6.07 Å². The monoisotopic (exact) mass is 322 g/mol. The SMILES string of the molecule is N#Cc1ncc(C(=O)Nc2nc3c(Cl)ncnc3s2)s1. The molecule has 0 saturated carbocycles. The lowest BCUT2D eigenvalue weighted by Gasteiger charge is -1.96. The summed E-state index contributed by atoms with van der Waals surface area (Å²) in [5, 5.41) is 12.1. The van der Waals surface area contributed by atoms with Crippen LogP contribution in [0.3, 0.4) is 0 Å². The van der Waals surface area contributed by atoms with Crippen molar-refractivity contribution in [2.45, 2.75) is 0 Å². The maximum Gasteiger partial charge on any atom is 0.269 e.